The average molecular weight is 271 g/mol. The zero-order valence-electron chi connectivity index (χ0n) is 10.4. The van der Waals surface area contributed by atoms with Crippen LogP contribution in [0.15, 0.2) is 48.5 Å². The third kappa shape index (κ3) is 3.14. The second-order valence-corrected chi connectivity index (χ2v) is 4.03. The van der Waals surface area contributed by atoms with Crippen LogP contribution in [0.1, 0.15) is 15.9 Å². The summed E-state index contributed by atoms with van der Waals surface area (Å²) in [5, 5.41) is 20.1. The van der Waals surface area contributed by atoms with Gasteiger partial charge in [0.15, 0.2) is 5.78 Å². The number of hydrogen-bond donors (Lipinski definition) is 1. The Hall–Kier alpha value is -2.82. The zero-order valence-corrected chi connectivity index (χ0v) is 10.4. The van der Waals surface area contributed by atoms with E-state index >= 15 is 0 Å². The second kappa shape index (κ2) is 5.88. The van der Waals surface area contributed by atoms with Gasteiger partial charge < -0.3 is 19.7 Å². The molecule has 0 aliphatic heterocycles. The molecule has 2 rings (SSSR count). The number of ether oxygens (including phenoxy) is 1. The van der Waals surface area contributed by atoms with Crippen molar-refractivity contribution in [2.24, 2.45) is 0 Å². The summed E-state index contributed by atoms with van der Waals surface area (Å²) in [5.74, 6) is -1.81. The van der Waals surface area contributed by atoms with E-state index < -0.39 is 12.6 Å². The number of phenolic OH excluding ortho intramolecular Hbond substituents is 1. The number of carbonyl (C=O) groups excluding carboxylic acids is 2. The fourth-order valence-corrected chi connectivity index (χ4v) is 1.68. The minimum Gasteiger partial charge on any atom is -0.546 e. The molecule has 0 heterocycles. The van der Waals surface area contributed by atoms with Crippen molar-refractivity contribution in [1.82, 2.24) is 0 Å². The highest BCUT2D eigenvalue weighted by Gasteiger charge is 2.13. The number of phenols is 1. The van der Waals surface area contributed by atoms with Crippen molar-refractivity contribution in [2.45, 2.75) is 0 Å². The Kier molecular flexibility index (Phi) is 4.00. The fraction of sp³-hybridized carbons (Fsp3) is 0.0667. The monoisotopic (exact) mass is 271 g/mol. The highest BCUT2D eigenvalue weighted by Crippen LogP contribution is 2.25. The van der Waals surface area contributed by atoms with Crippen LogP contribution in [0.25, 0.3) is 0 Å². The number of benzene rings is 2. The first-order valence-electron chi connectivity index (χ1n) is 5.83. The molecule has 0 saturated heterocycles. The first-order chi connectivity index (χ1) is 9.58. The maximum atomic E-state index is 12.1. The molecule has 0 atom stereocenters. The minimum atomic E-state index is -1.37. The molecule has 5 nitrogen and oxygen atoms in total. The van der Waals surface area contributed by atoms with Crippen LogP contribution in [0, 0.1) is 0 Å². The van der Waals surface area contributed by atoms with E-state index in [1.54, 1.807) is 30.3 Å². The van der Waals surface area contributed by atoms with Gasteiger partial charge in [-0.1, -0.05) is 30.3 Å². The molecule has 0 unspecified atom stereocenters. The van der Waals surface area contributed by atoms with Gasteiger partial charge in [-0.3, -0.25) is 4.79 Å². The lowest BCUT2D eigenvalue weighted by atomic mass is 10.0. The van der Waals surface area contributed by atoms with Gasteiger partial charge in [0.2, 0.25) is 0 Å². The quantitative estimate of drug-likeness (QED) is 0.811. The van der Waals surface area contributed by atoms with E-state index in [2.05, 4.69) is 0 Å². The highest BCUT2D eigenvalue weighted by atomic mass is 16.5. The molecule has 0 saturated carbocycles. The van der Waals surface area contributed by atoms with Crippen molar-refractivity contribution >= 4 is 11.8 Å². The van der Waals surface area contributed by atoms with E-state index in [1.807, 2.05) is 0 Å². The molecule has 2 aromatic rings. The van der Waals surface area contributed by atoms with E-state index in [4.69, 9.17) is 4.74 Å². The molecule has 0 aliphatic carbocycles. The van der Waals surface area contributed by atoms with Gasteiger partial charge in [0.1, 0.15) is 18.1 Å². The molecule has 0 spiro atoms. The Labute approximate surface area is 115 Å². The SMILES string of the molecule is O=C([O-])COc1ccc(C(=O)c2ccccc2)c(O)c1. The van der Waals surface area contributed by atoms with Gasteiger partial charge in [-0.05, 0) is 12.1 Å². The number of aromatic hydroxyl groups is 1. The van der Waals surface area contributed by atoms with Crippen molar-refractivity contribution in [1.29, 1.82) is 0 Å². The van der Waals surface area contributed by atoms with Gasteiger partial charge >= 0.3 is 0 Å². The number of ketones is 1. The molecule has 0 aliphatic rings. The van der Waals surface area contributed by atoms with Gasteiger partial charge in [0, 0.05) is 11.6 Å². The van der Waals surface area contributed by atoms with Crippen LogP contribution in [0.2, 0.25) is 0 Å². The van der Waals surface area contributed by atoms with Crippen LogP contribution in [-0.2, 0) is 4.79 Å². The fourth-order valence-electron chi connectivity index (χ4n) is 1.68. The standard InChI is InChI=1S/C15H12O5/c16-13-8-11(20-9-14(17)18)6-7-12(13)15(19)10-4-2-1-3-5-10/h1-8,16H,9H2,(H,17,18)/p-1. The van der Waals surface area contributed by atoms with E-state index in [0.29, 0.717) is 5.56 Å². The molecule has 20 heavy (non-hydrogen) atoms. The summed E-state index contributed by atoms with van der Waals surface area (Å²) in [5.41, 5.74) is 0.572. The summed E-state index contributed by atoms with van der Waals surface area (Å²) < 4.78 is 4.86. The third-order valence-electron chi connectivity index (χ3n) is 2.61. The van der Waals surface area contributed by atoms with Crippen LogP contribution in [-0.4, -0.2) is 23.5 Å². The van der Waals surface area contributed by atoms with Crippen LogP contribution in [0.4, 0.5) is 0 Å². The van der Waals surface area contributed by atoms with E-state index in [9.17, 15) is 19.8 Å². The molecule has 0 bridgehead atoms. The smallest absolute Gasteiger partial charge is 0.196 e. The number of rotatable bonds is 5. The first-order valence-corrected chi connectivity index (χ1v) is 5.83. The Balaban J connectivity index is 2.22. The second-order valence-electron chi connectivity index (χ2n) is 4.03. The maximum absolute atomic E-state index is 12.1. The zero-order chi connectivity index (χ0) is 14.5. The molecule has 102 valence electrons. The maximum Gasteiger partial charge on any atom is 0.196 e. The van der Waals surface area contributed by atoms with Gasteiger partial charge in [-0.2, -0.15) is 0 Å². The number of carbonyl (C=O) groups is 2. The molecule has 0 fully saturated rings. The molecule has 0 amide bonds. The Morgan fingerprint density at radius 3 is 2.40 bits per heavy atom. The summed E-state index contributed by atoms with van der Waals surface area (Å²) in [7, 11) is 0. The van der Waals surface area contributed by atoms with Crippen molar-refractivity contribution in [3.05, 3.63) is 59.7 Å². The van der Waals surface area contributed by atoms with Gasteiger partial charge in [-0.15, -0.1) is 0 Å². The Morgan fingerprint density at radius 2 is 1.80 bits per heavy atom. The lowest BCUT2D eigenvalue weighted by molar-refractivity contribution is -0.307. The van der Waals surface area contributed by atoms with Crippen LogP contribution < -0.4 is 9.84 Å². The number of aliphatic carboxylic acids is 1. The van der Waals surface area contributed by atoms with Gasteiger partial charge in [-0.25, -0.2) is 0 Å². The minimum absolute atomic E-state index is 0.122. The highest BCUT2D eigenvalue weighted by molar-refractivity contribution is 6.10. The Bertz CT molecular complexity index is 634. The molecular weight excluding hydrogens is 260 g/mol. The van der Waals surface area contributed by atoms with Crippen LogP contribution in [0.3, 0.4) is 0 Å². The lowest BCUT2D eigenvalue weighted by Gasteiger charge is -2.09. The summed E-state index contributed by atoms with van der Waals surface area (Å²) in [4.78, 5) is 22.4. The molecule has 5 heteroatoms. The summed E-state index contributed by atoms with van der Waals surface area (Å²) in [6, 6.07) is 12.5. The molecular formula is C15H11O5-. The van der Waals surface area contributed by atoms with Crippen molar-refractivity contribution in [2.75, 3.05) is 6.61 Å². The molecule has 1 N–H and O–H groups in total. The molecule has 2 aromatic carbocycles. The van der Waals surface area contributed by atoms with Crippen molar-refractivity contribution < 1.29 is 24.5 Å². The largest absolute Gasteiger partial charge is 0.546 e. The number of carboxylic acid groups (broad SMARTS) is 1. The topological polar surface area (TPSA) is 86.7 Å². The van der Waals surface area contributed by atoms with Crippen LogP contribution >= 0.6 is 0 Å². The molecule has 0 aromatic heterocycles. The number of carboxylic acids is 1. The van der Waals surface area contributed by atoms with Gasteiger partial charge in [0.05, 0.1) is 11.5 Å². The van der Waals surface area contributed by atoms with Crippen LogP contribution in [0.5, 0.6) is 11.5 Å². The predicted molar refractivity (Wildman–Crippen MR) is 68.5 cm³/mol. The average Bonchev–Trinajstić information content (AvgIpc) is 2.45. The number of hydrogen-bond acceptors (Lipinski definition) is 5. The summed E-state index contributed by atoms with van der Waals surface area (Å²) in [6.07, 6.45) is 0. The van der Waals surface area contributed by atoms with Gasteiger partial charge in [0.25, 0.3) is 0 Å². The van der Waals surface area contributed by atoms with Crippen molar-refractivity contribution in [3.8, 4) is 11.5 Å². The Morgan fingerprint density at radius 1 is 1.10 bits per heavy atom. The van der Waals surface area contributed by atoms with E-state index in [1.165, 1.54) is 18.2 Å². The van der Waals surface area contributed by atoms with Crippen molar-refractivity contribution in [3.63, 3.8) is 0 Å². The summed E-state index contributed by atoms with van der Waals surface area (Å²) in [6.45, 7) is -0.620. The van der Waals surface area contributed by atoms with E-state index in [-0.39, 0.29) is 22.8 Å². The summed E-state index contributed by atoms with van der Waals surface area (Å²) >= 11 is 0. The predicted octanol–water partition coefficient (Wildman–Crippen LogP) is 0.752. The molecule has 0 radical (unpaired) electrons. The first kappa shape index (κ1) is 13.6. The lowest BCUT2D eigenvalue weighted by Crippen LogP contribution is -2.28. The van der Waals surface area contributed by atoms with E-state index in [0.717, 1.165) is 0 Å². The third-order valence-corrected chi connectivity index (χ3v) is 2.61. The normalized spacial score (nSPS) is 10.0.